The molecule has 0 bridgehead atoms. The Kier molecular flexibility index (Phi) is 5.05. The van der Waals surface area contributed by atoms with Crippen LogP contribution in [0.3, 0.4) is 0 Å². The maximum atomic E-state index is 5.50. The van der Waals surface area contributed by atoms with Crippen molar-refractivity contribution in [3.63, 3.8) is 0 Å². The van der Waals surface area contributed by atoms with Crippen molar-refractivity contribution in [3.05, 3.63) is 63.8 Å². The minimum absolute atomic E-state index is 0.191. The summed E-state index contributed by atoms with van der Waals surface area (Å²) in [5.74, 6) is 1.53. The Balaban J connectivity index is 1.82. The summed E-state index contributed by atoms with van der Waals surface area (Å²) in [7, 11) is 0. The molecule has 0 amide bonds. The van der Waals surface area contributed by atoms with Crippen LogP contribution in [0.5, 0.6) is 11.5 Å². The van der Waals surface area contributed by atoms with Crippen LogP contribution in [0.2, 0.25) is 0 Å². The summed E-state index contributed by atoms with van der Waals surface area (Å²) in [5, 5.41) is 7.03. The number of benzene rings is 2. The molecule has 5 nitrogen and oxygen atoms in total. The molecule has 0 saturated carbocycles. The molecule has 1 aliphatic rings. The van der Waals surface area contributed by atoms with Crippen LogP contribution >= 0.6 is 11.3 Å². The molecule has 4 rings (SSSR count). The number of fused-ring (bicyclic) bond motifs is 1. The molecule has 0 saturated heterocycles. The van der Waals surface area contributed by atoms with Crippen LogP contribution in [0.1, 0.15) is 31.9 Å². The maximum absolute atomic E-state index is 5.50. The smallest absolute Gasteiger partial charge is 0.231 e. The van der Waals surface area contributed by atoms with Crippen LogP contribution < -0.4 is 14.3 Å². The van der Waals surface area contributed by atoms with Gasteiger partial charge in [0.15, 0.2) is 11.5 Å². The van der Waals surface area contributed by atoms with Crippen LogP contribution in [0.4, 0.5) is 0 Å². The molecule has 6 heteroatoms. The lowest BCUT2D eigenvalue weighted by Crippen LogP contribution is -2.16. The van der Waals surface area contributed by atoms with Crippen molar-refractivity contribution in [2.45, 2.75) is 33.7 Å². The number of ether oxygens (including phenoxy) is 2. The average Bonchev–Trinajstić information content (AvgIpc) is 3.29. The van der Waals surface area contributed by atoms with Gasteiger partial charge in [-0.25, -0.2) is 4.68 Å². The second-order valence-corrected chi connectivity index (χ2v) is 7.89. The first-order valence-electron chi connectivity index (χ1n) is 9.28. The lowest BCUT2D eigenvalue weighted by atomic mass is 10.1. The normalized spacial score (nSPS) is 14.2. The largest absolute Gasteiger partial charge is 0.454 e. The van der Waals surface area contributed by atoms with Gasteiger partial charge in [-0.3, -0.25) is 4.99 Å². The number of nitrogens with zero attached hydrogens (tertiary/aromatic N) is 3. The van der Waals surface area contributed by atoms with Crippen molar-refractivity contribution in [3.8, 4) is 22.8 Å². The fourth-order valence-electron chi connectivity index (χ4n) is 2.96. The molecule has 3 aromatic rings. The second-order valence-electron chi connectivity index (χ2n) is 7.06. The first kappa shape index (κ1) is 18.5. The van der Waals surface area contributed by atoms with E-state index in [2.05, 4.69) is 50.4 Å². The number of aromatic nitrogens is 1. The zero-order valence-corrected chi connectivity index (χ0v) is 17.3. The van der Waals surface area contributed by atoms with Gasteiger partial charge in [-0.05, 0) is 45.9 Å². The van der Waals surface area contributed by atoms with Gasteiger partial charge in [0.2, 0.25) is 11.6 Å². The van der Waals surface area contributed by atoms with Gasteiger partial charge < -0.3 is 9.47 Å². The zero-order valence-electron chi connectivity index (χ0n) is 16.5. The van der Waals surface area contributed by atoms with E-state index in [1.165, 1.54) is 5.56 Å². The number of thiazole rings is 1. The Morgan fingerprint density at radius 3 is 2.57 bits per heavy atom. The molecular formula is C22H23N3O2S. The molecule has 0 unspecified atom stereocenters. The third kappa shape index (κ3) is 3.73. The maximum Gasteiger partial charge on any atom is 0.231 e. The fraction of sp³-hybridized carbons (Fsp3) is 0.273. The minimum atomic E-state index is 0.191. The highest BCUT2D eigenvalue weighted by molar-refractivity contribution is 7.07. The number of rotatable bonds is 4. The third-order valence-corrected chi connectivity index (χ3v) is 5.27. The molecule has 1 aromatic heterocycles. The zero-order chi connectivity index (χ0) is 19.7. The summed E-state index contributed by atoms with van der Waals surface area (Å²) >= 11 is 1.61. The molecule has 28 heavy (non-hydrogen) atoms. The van der Waals surface area contributed by atoms with Crippen LogP contribution in [0.15, 0.2) is 57.9 Å². The van der Waals surface area contributed by atoms with E-state index >= 15 is 0 Å². The quantitative estimate of drug-likeness (QED) is 0.596. The van der Waals surface area contributed by atoms with Gasteiger partial charge in [-0.1, -0.05) is 29.8 Å². The van der Waals surface area contributed by atoms with Crippen LogP contribution in [-0.2, 0) is 0 Å². The van der Waals surface area contributed by atoms with Gasteiger partial charge in [-0.15, -0.1) is 11.3 Å². The SMILES string of the molecule is CC(=Nn1c(-c2ccc(C)cc2)csc1=NC(C)C)c1ccc2c(c1)OCO2. The van der Waals surface area contributed by atoms with Crippen LogP contribution in [-0.4, -0.2) is 23.2 Å². The van der Waals surface area contributed by atoms with E-state index in [1.54, 1.807) is 11.3 Å². The summed E-state index contributed by atoms with van der Waals surface area (Å²) in [5.41, 5.74) is 5.26. The monoisotopic (exact) mass is 393 g/mol. The third-order valence-electron chi connectivity index (χ3n) is 4.44. The average molecular weight is 394 g/mol. The molecule has 0 aliphatic carbocycles. The van der Waals surface area contributed by atoms with E-state index < -0.39 is 0 Å². The first-order valence-corrected chi connectivity index (χ1v) is 10.2. The summed E-state index contributed by atoms with van der Waals surface area (Å²) in [4.78, 5) is 5.64. The van der Waals surface area contributed by atoms with Crippen LogP contribution in [0.25, 0.3) is 11.3 Å². The van der Waals surface area contributed by atoms with Crippen molar-refractivity contribution in [2.24, 2.45) is 10.1 Å². The Morgan fingerprint density at radius 1 is 1.07 bits per heavy atom. The van der Waals surface area contributed by atoms with Gasteiger partial charge in [0.05, 0.1) is 11.4 Å². The molecule has 144 valence electrons. The molecule has 0 fully saturated rings. The summed E-state index contributed by atoms with van der Waals surface area (Å²) in [6, 6.07) is 14.6. The number of aryl methyl sites for hydroxylation is 1. The molecule has 0 atom stereocenters. The van der Waals surface area contributed by atoms with Crippen molar-refractivity contribution in [1.29, 1.82) is 0 Å². The van der Waals surface area contributed by atoms with Gasteiger partial charge in [0, 0.05) is 22.5 Å². The number of hydrogen-bond acceptors (Lipinski definition) is 5. The molecule has 2 aromatic carbocycles. The molecule has 0 spiro atoms. The standard InChI is InChI=1S/C22H23N3O2S/c1-14(2)23-22-25(19(12-28-22)17-7-5-15(3)6-8-17)24-16(4)18-9-10-20-21(11-18)27-13-26-20/h5-12,14H,13H2,1-4H3. The van der Waals surface area contributed by atoms with Gasteiger partial charge in [0.1, 0.15) is 0 Å². The molecule has 1 aliphatic heterocycles. The highest BCUT2D eigenvalue weighted by Crippen LogP contribution is 2.32. The highest BCUT2D eigenvalue weighted by atomic mass is 32.1. The molecule has 2 heterocycles. The van der Waals surface area contributed by atoms with Gasteiger partial charge in [-0.2, -0.15) is 5.10 Å². The second kappa shape index (κ2) is 7.64. The molecule has 0 N–H and O–H groups in total. The van der Waals surface area contributed by atoms with Crippen molar-refractivity contribution < 1.29 is 9.47 Å². The minimum Gasteiger partial charge on any atom is -0.454 e. The predicted molar refractivity (Wildman–Crippen MR) is 113 cm³/mol. The Bertz CT molecular complexity index is 1090. The van der Waals surface area contributed by atoms with E-state index in [0.717, 1.165) is 38.8 Å². The highest BCUT2D eigenvalue weighted by Gasteiger charge is 2.15. The van der Waals surface area contributed by atoms with Gasteiger partial charge >= 0.3 is 0 Å². The lowest BCUT2D eigenvalue weighted by molar-refractivity contribution is 0.174. The number of hydrogen-bond donors (Lipinski definition) is 0. The van der Waals surface area contributed by atoms with E-state index in [-0.39, 0.29) is 12.8 Å². The predicted octanol–water partition coefficient (Wildman–Crippen LogP) is 4.84. The summed E-state index contributed by atoms with van der Waals surface area (Å²) in [6.45, 7) is 8.50. The lowest BCUT2D eigenvalue weighted by Gasteiger charge is -2.08. The Labute approximate surface area is 168 Å². The van der Waals surface area contributed by atoms with Gasteiger partial charge in [0.25, 0.3) is 0 Å². The fourth-order valence-corrected chi connectivity index (χ4v) is 3.92. The Morgan fingerprint density at radius 2 is 1.82 bits per heavy atom. The van der Waals surface area contributed by atoms with Crippen molar-refractivity contribution in [1.82, 2.24) is 4.68 Å². The van der Waals surface area contributed by atoms with E-state index in [0.29, 0.717) is 0 Å². The summed E-state index contributed by atoms with van der Waals surface area (Å²) < 4.78 is 12.9. The van der Waals surface area contributed by atoms with E-state index in [4.69, 9.17) is 19.6 Å². The van der Waals surface area contributed by atoms with E-state index in [1.807, 2.05) is 29.8 Å². The Hall–Kier alpha value is -2.86. The first-order chi connectivity index (χ1) is 13.5. The molecule has 0 radical (unpaired) electrons. The molecular weight excluding hydrogens is 370 g/mol. The van der Waals surface area contributed by atoms with Crippen LogP contribution in [0, 0.1) is 6.92 Å². The van der Waals surface area contributed by atoms with E-state index in [9.17, 15) is 0 Å². The topological polar surface area (TPSA) is 48.1 Å². The van der Waals surface area contributed by atoms with Crippen molar-refractivity contribution >= 4 is 17.0 Å². The van der Waals surface area contributed by atoms with Crippen molar-refractivity contribution in [2.75, 3.05) is 6.79 Å². The summed E-state index contributed by atoms with van der Waals surface area (Å²) in [6.07, 6.45) is 0.